The second-order valence-electron chi connectivity index (χ2n) is 5.71. The first-order chi connectivity index (χ1) is 12.2. The molecule has 0 N–H and O–H groups in total. The maximum Gasteiger partial charge on any atom is 0.357 e. The van der Waals surface area contributed by atoms with Gasteiger partial charge >= 0.3 is 5.24 Å². The molecule has 1 heterocycles. The van der Waals surface area contributed by atoms with Crippen LogP contribution in [0.3, 0.4) is 0 Å². The minimum atomic E-state index is 0.0785. The van der Waals surface area contributed by atoms with Crippen LogP contribution >= 0.6 is 23.8 Å². The minimum Gasteiger partial charge on any atom is -0.457 e. The topological polar surface area (TPSA) is 44.2 Å². The summed E-state index contributed by atoms with van der Waals surface area (Å²) < 4.78 is 11.1. The Balaban J connectivity index is 1.87. The minimum absolute atomic E-state index is 0.0785. The molecule has 25 heavy (non-hydrogen) atoms. The summed E-state index contributed by atoms with van der Waals surface area (Å²) in [5.41, 5.74) is 1.45. The van der Waals surface area contributed by atoms with E-state index >= 15 is 0 Å². The smallest absolute Gasteiger partial charge is 0.357 e. The van der Waals surface area contributed by atoms with E-state index in [-0.39, 0.29) is 10.4 Å². The van der Waals surface area contributed by atoms with Crippen molar-refractivity contribution in [3.8, 4) is 17.0 Å². The fourth-order valence-corrected chi connectivity index (χ4v) is 2.69. The first-order valence-electron chi connectivity index (χ1n) is 8.64. The van der Waals surface area contributed by atoms with Gasteiger partial charge in [0.1, 0.15) is 5.69 Å². The lowest BCUT2D eigenvalue weighted by Crippen LogP contribution is -2.12. The van der Waals surface area contributed by atoms with Crippen LogP contribution in [0.25, 0.3) is 11.3 Å². The molecule has 0 unspecified atom stereocenters. The fourth-order valence-electron chi connectivity index (χ4n) is 2.38. The Labute approximate surface area is 159 Å². The van der Waals surface area contributed by atoms with Gasteiger partial charge in [0.15, 0.2) is 10.9 Å². The van der Waals surface area contributed by atoms with Crippen molar-refractivity contribution in [1.82, 2.24) is 10.2 Å². The zero-order valence-corrected chi connectivity index (χ0v) is 16.0. The van der Waals surface area contributed by atoms with Gasteiger partial charge < -0.3 is 9.47 Å². The third kappa shape index (κ3) is 6.96. The van der Waals surface area contributed by atoms with Crippen LogP contribution in [0.5, 0.6) is 5.75 Å². The molecule has 0 radical (unpaired) electrons. The van der Waals surface area contributed by atoms with E-state index < -0.39 is 0 Å². The molecule has 0 aliphatic rings. The number of aromatic nitrogens is 2. The first kappa shape index (κ1) is 19.6. The maximum absolute atomic E-state index is 5.94. The normalized spacial score (nSPS) is 10.5. The lowest BCUT2D eigenvalue weighted by atomic mass is 10.1. The molecule has 0 fully saturated rings. The van der Waals surface area contributed by atoms with Crippen LogP contribution < -0.4 is 4.74 Å². The summed E-state index contributed by atoms with van der Waals surface area (Å²) in [6, 6.07) is 11.2. The highest BCUT2D eigenvalue weighted by atomic mass is 35.5. The number of hydrogen-bond acceptors (Lipinski definition) is 5. The Morgan fingerprint density at radius 2 is 1.76 bits per heavy atom. The largest absolute Gasteiger partial charge is 0.457 e. The standard InChI is InChI=1S/C19H23ClN2O2S/c1-2-3-4-5-6-10-13-23-19(25)24-16-14-17(20)21-22-18(16)15-11-8-7-9-12-15/h7-9,11-12,14H,2-6,10,13H2,1H3. The van der Waals surface area contributed by atoms with Crippen LogP contribution in [0.4, 0.5) is 0 Å². The van der Waals surface area contributed by atoms with Gasteiger partial charge in [0.25, 0.3) is 0 Å². The number of benzene rings is 1. The van der Waals surface area contributed by atoms with E-state index in [9.17, 15) is 0 Å². The Hall–Kier alpha value is -1.72. The van der Waals surface area contributed by atoms with Crippen LogP contribution in [0.15, 0.2) is 36.4 Å². The van der Waals surface area contributed by atoms with Crippen molar-refractivity contribution in [3.63, 3.8) is 0 Å². The van der Waals surface area contributed by atoms with E-state index in [1.54, 1.807) is 6.07 Å². The molecule has 0 bridgehead atoms. The number of rotatable bonds is 9. The highest BCUT2D eigenvalue weighted by molar-refractivity contribution is 7.79. The second kappa shape index (κ2) is 11.0. The summed E-state index contributed by atoms with van der Waals surface area (Å²) in [5, 5.41) is 8.33. The van der Waals surface area contributed by atoms with Gasteiger partial charge in [-0.3, -0.25) is 0 Å². The van der Waals surface area contributed by atoms with Gasteiger partial charge in [-0.2, -0.15) is 0 Å². The van der Waals surface area contributed by atoms with Crippen molar-refractivity contribution < 1.29 is 9.47 Å². The molecule has 4 nitrogen and oxygen atoms in total. The molecule has 0 aliphatic heterocycles. The maximum atomic E-state index is 5.94. The summed E-state index contributed by atoms with van der Waals surface area (Å²) in [4.78, 5) is 0. The predicted octanol–water partition coefficient (Wildman–Crippen LogP) is 5.84. The number of unbranched alkanes of at least 4 members (excludes halogenated alkanes) is 5. The molecule has 0 saturated carbocycles. The van der Waals surface area contributed by atoms with Gasteiger partial charge in [0, 0.05) is 23.8 Å². The number of ether oxygens (including phenoxy) is 2. The number of halogens is 1. The molecule has 0 saturated heterocycles. The summed E-state index contributed by atoms with van der Waals surface area (Å²) in [5.74, 6) is 0.444. The van der Waals surface area contributed by atoms with Crippen molar-refractivity contribution in [2.45, 2.75) is 45.4 Å². The molecule has 0 atom stereocenters. The molecular formula is C19H23ClN2O2S. The molecule has 1 aromatic heterocycles. The lowest BCUT2D eigenvalue weighted by molar-refractivity contribution is 0.240. The molecule has 1 aromatic carbocycles. The van der Waals surface area contributed by atoms with Gasteiger partial charge in [-0.15, -0.1) is 10.2 Å². The number of thiocarbonyl (C=S) groups is 1. The monoisotopic (exact) mass is 378 g/mol. The third-order valence-corrected chi connectivity index (χ3v) is 4.07. The Morgan fingerprint density at radius 1 is 1.04 bits per heavy atom. The van der Waals surface area contributed by atoms with E-state index in [0.717, 1.165) is 18.4 Å². The Morgan fingerprint density at radius 3 is 2.52 bits per heavy atom. The van der Waals surface area contributed by atoms with Crippen LogP contribution in [-0.4, -0.2) is 22.0 Å². The van der Waals surface area contributed by atoms with E-state index in [1.807, 2.05) is 30.3 Å². The zero-order valence-electron chi connectivity index (χ0n) is 14.4. The molecule has 0 spiro atoms. The first-order valence-corrected chi connectivity index (χ1v) is 9.42. The molecule has 2 aromatic rings. The molecule has 134 valence electrons. The van der Waals surface area contributed by atoms with Crippen molar-refractivity contribution in [3.05, 3.63) is 41.6 Å². The summed E-state index contributed by atoms with van der Waals surface area (Å²) in [7, 11) is 0. The van der Waals surface area contributed by atoms with Crippen LogP contribution in [0.1, 0.15) is 45.4 Å². The Kier molecular flexibility index (Phi) is 8.63. The SMILES string of the molecule is CCCCCCCCOC(=S)Oc1cc(Cl)nnc1-c1ccccc1. The van der Waals surface area contributed by atoms with Gasteiger partial charge in [-0.05, 0) is 6.42 Å². The van der Waals surface area contributed by atoms with E-state index in [0.29, 0.717) is 18.1 Å². The third-order valence-electron chi connectivity index (χ3n) is 3.69. The summed E-state index contributed by atoms with van der Waals surface area (Å²) in [6.45, 7) is 2.76. The van der Waals surface area contributed by atoms with Crippen LogP contribution in [0.2, 0.25) is 5.15 Å². The molecule has 0 amide bonds. The average Bonchev–Trinajstić information content (AvgIpc) is 2.62. The number of nitrogens with zero attached hydrogens (tertiary/aromatic N) is 2. The zero-order chi connectivity index (χ0) is 17.9. The second-order valence-corrected chi connectivity index (χ2v) is 6.43. The molecular weight excluding hydrogens is 356 g/mol. The summed E-state index contributed by atoms with van der Waals surface area (Å²) in [6.07, 6.45) is 7.15. The van der Waals surface area contributed by atoms with Crippen LogP contribution in [0, 0.1) is 0 Å². The fraction of sp³-hybridized carbons (Fsp3) is 0.421. The highest BCUT2D eigenvalue weighted by Crippen LogP contribution is 2.29. The molecule has 0 aliphatic carbocycles. The van der Waals surface area contributed by atoms with E-state index in [4.69, 9.17) is 33.3 Å². The van der Waals surface area contributed by atoms with Gasteiger partial charge in [0.05, 0.1) is 6.61 Å². The highest BCUT2D eigenvalue weighted by Gasteiger charge is 2.13. The average molecular weight is 379 g/mol. The quantitative estimate of drug-likeness (QED) is 0.405. The van der Waals surface area contributed by atoms with Crippen LogP contribution in [-0.2, 0) is 4.74 Å². The van der Waals surface area contributed by atoms with Gasteiger partial charge in [-0.25, -0.2) is 0 Å². The van der Waals surface area contributed by atoms with E-state index in [1.165, 1.54) is 25.7 Å². The van der Waals surface area contributed by atoms with Crippen molar-refractivity contribution in [1.29, 1.82) is 0 Å². The van der Waals surface area contributed by atoms with Gasteiger partial charge in [0.2, 0.25) is 0 Å². The van der Waals surface area contributed by atoms with Gasteiger partial charge in [-0.1, -0.05) is 81.0 Å². The molecule has 6 heteroatoms. The van der Waals surface area contributed by atoms with Crippen molar-refractivity contribution >= 4 is 29.1 Å². The summed E-state index contributed by atoms with van der Waals surface area (Å²) >= 11 is 11.1. The number of hydrogen-bond donors (Lipinski definition) is 0. The molecule has 2 rings (SSSR count). The Bertz CT molecular complexity index is 668. The predicted molar refractivity (Wildman–Crippen MR) is 105 cm³/mol. The lowest BCUT2D eigenvalue weighted by Gasteiger charge is -2.11. The van der Waals surface area contributed by atoms with Crippen molar-refractivity contribution in [2.75, 3.05) is 6.61 Å². The van der Waals surface area contributed by atoms with E-state index in [2.05, 4.69) is 17.1 Å². The van der Waals surface area contributed by atoms with Crippen molar-refractivity contribution in [2.24, 2.45) is 0 Å².